The maximum absolute atomic E-state index is 5.94. The lowest BCUT2D eigenvalue weighted by Gasteiger charge is -2.32. The zero-order valence-electron chi connectivity index (χ0n) is 8.63. The number of hydrazine groups is 1. The minimum atomic E-state index is 0. The lowest BCUT2D eigenvalue weighted by Crippen LogP contribution is -2.38. The third-order valence-electron chi connectivity index (χ3n) is 2.73. The van der Waals surface area contributed by atoms with E-state index in [2.05, 4.69) is 24.3 Å². The van der Waals surface area contributed by atoms with Gasteiger partial charge in [-0.3, -0.25) is 5.84 Å². The SMILES string of the molecule is Cl.Cl.NN1CCCCC1c1ccccc1. The molecule has 4 heteroatoms. The predicted octanol–water partition coefficient (Wildman–Crippen LogP) is 2.93. The number of hydrogen-bond donors (Lipinski definition) is 1. The topological polar surface area (TPSA) is 29.3 Å². The normalized spacial score (nSPS) is 21.3. The number of hydrogen-bond acceptors (Lipinski definition) is 2. The third-order valence-corrected chi connectivity index (χ3v) is 2.73. The fraction of sp³-hybridized carbons (Fsp3) is 0.455. The highest BCUT2D eigenvalue weighted by atomic mass is 35.5. The van der Waals surface area contributed by atoms with Crippen LogP contribution in [-0.4, -0.2) is 11.6 Å². The Hall–Kier alpha value is -0.280. The van der Waals surface area contributed by atoms with E-state index >= 15 is 0 Å². The van der Waals surface area contributed by atoms with Gasteiger partial charge in [0.15, 0.2) is 0 Å². The van der Waals surface area contributed by atoms with Gasteiger partial charge >= 0.3 is 0 Å². The molecule has 1 atom stereocenters. The predicted molar refractivity (Wildman–Crippen MR) is 68.4 cm³/mol. The highest BCUT2D eigenvalue weighted by molar-refractivity contribution is 5.85. The molecule has 1 aliphatic rings. The van der Waals surface area contributed by atoms with Gasteiger partial charge in [0.05, 0.1) is 0 Å². The van der Waals surface area contributed by atoms with Gasteiger partial charge in [0.25, 0.3) is 0 Å². The summed E-state index contributed by atoms with van der Waals surface area (Å²) >= 11 is 0. The molecule has 1 aliphatic heterocycles. The van der Waals surface area contributed by atoms with Crippen LogP contribution in [0, 0.1) is 0 Å². The van der Waals surface area contributed by atoms with Gasteiger partial charge in [0.1, 0.15) is 0 Å². The molecular formula is C11H18Cl2N2. The number of rotatable bonds is 1. The quantitative estimate of drug-likeness (QED) is 0.775. The summed E-state index contributed by atoms with van der Waals surface area (Å²) in [5, 5.41) is 1.97. The lowest BCUT2D eigenvalue weighted by atomic mass is 9.97. The van der Waals surface area contributed by atoms with Crippen LogP contribution in [0.15, 0.2) is 30.3 Å². The molecule has 1 heterocycles. The second-order valence-corrected chi connectivity index (χ2v) is 3.66. The smallest absolute Gasteiger partial charge is 0.0490 e. The van der Waals surface area contributed by atoms with E-state index in [1.165, 1.54) is 24.8 Å². The Bertz CT molecular complexity index is 267. The van der Waals surface area contributed by atoms with Crippen LogP contribution in [0.1, 0.15) is 30.9 Å². The molecule has 0 radical (unpaired) electrons. The standard InChI is InChI=1S/C11H16N2.2ClH/c12-13-9-5-4-8-11(13)10-6-2-1-3-7-10;;/h1-3,6-7,11H,4-5,8-9,12H2;2*1H. The molecule has 1 aromatic rings. The molecule has 1 saturated heterocycles. The molecule has 2 rings (SSSR count). The van der Waals surface area contributed by atoms with Gasteiger partial charge < -0.3 is 0 Å². The van der Waals surface area contributed by atoms with Crippen LogP contribution in [-0.2, 0) is 0 Å². The maximum atomic E-state index is 5.94. The van der Waals surface area contributed by atoms with Crippen molar-refractivity contribution in [2.24, 2.45) is 5.84 Å². The van der Waals surface area contributed by atoms with Crippen LogP contribution in [0.4, 0.5) is 0 Å². The number of piperidine rings is 1. The van der Waals surface area contributed by atoms with Crippen LogP contribution in [0.25, 0.3) is 0 Å². The van der Waals surface area contributed by atoms with E-state index < -0.39 is 0 Å². The molecule has 0 spiro atoms. The first-order chi connectivity index (χ1) is 6.38. The Morgan fingerprint density at radius 2 is 1.73 bits per heavy atom. The second-order valence-electron chi connectivity index (χ2n) is 3.66. The van der Waals surface area contributed by atoms with Crippen molar-refractivity contribution in [2.75, 3.05) is 6.54 Å². The van der Waals surface area contributed by atoms with Crippen molar-refractivity contribution >= 4 is 24.8 Å². The number of halogens is 2. The third kappa shape index (κ3) is 3.65. The van der Waals surface area contributed by atoms with Gasteiger partial charge in [-0.25, -0.2) is 5.01 Å². The molecule has 1 fully saturated rings. The summed E-state index contributed by atoms with van der Waals surface area (Å²) in [6, 6.07) is 11.0. The molecule has 0 aromatic heterocycles. The van der Waals surface area contributed by atoms with Crippen molar-refractivity contribution in [3.8, 4) is 0 Å². The second kappa shape index (κ2) is 7.07. The Kier molecular flexibility index (Phi) is 6.94. The summed E-state index contributed by atoms with van der Waals surface area (Å²) in [5.41, 5.74) is 1.35. The highest BCUT2D eigenvalue weighted by Crippen LogP contribution is 2.27. The van der Waals surface area contributed by atoms with Crippen molar-refractivity contribution in [1.82, 2.24) is 5.01 Å². The van der Waals surface area contributed by atoms with Crippen LogP contribution >= 0.6 is 24.8 Å². The molecule has 1 aromatic carbocycles. The first-order valence-corrected chi connectivity index (χ1v) is 4.94. The van der Waals surface area contributed by atoms with Crippen molar-refractivity contribution in [3.63, 3.8) is 0 Å². The molecule has 2 nitrogen and oxygen atoms in total. The van der Waals surface area contributed by atoms with E-state index in [1.54, 1.807) is 0 Å². The molecule has 2 N–H and O–H groups in total. The molecule has 15 heavy (non-hydrogen) atoms. The fourth-order valence-corrected chi connectivity index (χ4v) is 1.99. The lowest BCUT2D eigenvalue weighted by molar-refractivity contribution is 0.151. The average molecular weight is 249 g/mol. The zero-order chi connectivity index (χ0) is 9.10. The monoisotopic (exact) mass is 248 g/mol. The van der Waals surface area contributed by atoms with Gasteiger partial charge in [0.2, 0.25) is 0 Å². The van der Waals surface area contributed by atoms with E-state index in [1.807, 2.05) is 11.1 Å². The Balaban J connectivity index is 0.000000980. The molecule has 0 amide bonds. The Labute approximate surface area is 104 Å². The van der Waals surface area contributed by atoms with E-state index in [0.29, 0.717) is 6.04 Å². The first kappa shape index (κ1) is 14.7. The summed E-state index contributed by atoms with van der Waals surface area (Å²) in [6.45, 7) is 1.03. The van der Waals surface area contributed by atoms with Crippen molar-refractivity contribution in [3.05, 3.63) is 35.9 Å². The van der Waals surface area contributed by atoms with Gasteiger partial charge in [-0.2, -0.15) is 0 Å². The van der Waals surface area contributed by atoms with Gasteiger partial charge in [-0.1, -0.05) is 36.8 Å². The van der Waals surface area contributed by atoms with Gasteiger partial charge in [-0.15, -0.1) is 24.8 Å². The number of nitrogens with zero attached hydrogens (tertiary/aromatic N) is 1. The van der Waals surface area contributed by atoms with Gasteiger partial charge in [-0.05, 0) is 18.4 Å². The number of nitrogens with two attached hydrogens (primary N) is 1. The van der Waals surface area contributed by atoms with Crippen molar-refractivity contribution in [2.45, 2.75) is 25.3 Å². The zero-order valence-corrected chi connectivity index (χ0v) is 10.3. The molecule has 0 aliphatic carbocycles. The first-order valence-electron chi connectivity index (χ1n) is 4.94. The minimum absolute atomic E-state index is 0. The Morgan fingerprint density at radius 1 is 1.07 bits per heavy atom. The summed E-state index contributed by atoms with van der Waals surface area (Å²) in [4.78, 5) is 0. The van der Waals surface area contributed by atoms with Crippen LogP contribution in [0.2, 0.25) is 0 Å². The molecular weight excluding hydrogens is 231 g/mol. The molecule has 86 valence electrons. The summed E-state index contributed by atoms with van der Waals surface area (Å²) in [7, 11) is 0. The van der Waals surface area contributed by atoms with E-state index in [-0.39, 0.29) is 24.8 Å². The summed E-state index contributed by atoms with van der Waals surface area (Å²) in [6.07, 6.45) is 3.73. The fourth-order valence-electron chi connectivity index (χ4n) is 1.99. The maximum Gasteiger partial charge on any atom is 0.0490 e. The van der Waals surface area contributed by atoms with Crippen molar-refractivity contribution in [1.29, 1.82) is 0 Å². The summed E-state index contributed by atoms with van der Waals surface area (Å²) < 4.78 is 0. The highest BCUT2D eigenvalue weighted by Gasteiger charge is 2.20. The van der Waals surface area contributed by atoms with Crippen molar-refractivity contribution < 1.29 is 0 Å². The Morgan fingerprint density at radius 3 is 2.33 bits per heavy atom. The van der Waals surface area contributed by atoms with Crippen LogP contribution in [0.5, 0.6) is 0 Å². The van der Waals surface area contributed by atoms with Crippen LogP contribution in [0.3, 0.4) is 0 Å². The average Bonchev–Trinajstić information content (AvgIpc) is 2.20. The van der Waals surface area contributed by atoms with Gasteiger partial charge in [0, 0.05) is 12.6 Å². The molecule has 0 bridgehead atoms. The number of benzene rings is 1. The minimum Gasteiger partial charge on any atom is -0.268 e. The van der Waals surface area contributed by atoms with E-state index in [9.17, 15) is 0 Å². The van der Waals surface area contributed by atoms with E-state index in [4.69, 9.17) is 5.84 Å². The largest absolute Gasteiger partial charge is 0.268 e. The molecule has 0 saturated carbocycles. The van der Waals surface area contributed by atoms with E-state index in [0.717, 1.165) is 6.54 Å². The summed E-state index contributed by atoms with van der Waals surface area (Å²) in [5.74, 6) is 5.94. The van der Waals surface area contributed by atoms with Crippen LogP contribution < -0.4 is 5.84 Å². The molecule has 1 unspecified atom stereocenters.